The summed E-state index contributed by atoms with van der Waals surface area (Å²) >= 11 is 1.63. The van der Waals surface area contributed by atoms with Crippen LogP contribution in [0.15, 0.2) is 47.6 Å². The maximum Gasteiger partial charge on any atom is 0.416 e. The van der Waals surface area contributed by atoms with E-state index in [1.807, 2.05) is 25.1 Å². The van der Waals surface area contributed by atoms with E-state index in [1.54, 1.807) is 24.3 Å². The van der Waals surface area contributed by atoms with Crippen molar-refractivity contribution in [2.75, 3.05) is 32.7 Å². The Hall–Kier alpha value is -2.73. The van der Waals surface area contributed by atoms with E-state index in [0.717, 1.165) is 27.0 Å². The number of thiazole rings is 1. The monoisotopic (exact) mass is 534 g/mol. The highest BCUT2D eigenvalue weighted by Gasteiger charge is 2.37. The number of rotatable bonds is 7. The number of aromatic nitrogens is 1. The van der Waals surface area contributed by atoms with Gasteiger partial charge in [0.25, 0.3) is 0 Å². The van der Waals surface area contributed by atoms with E-state index in [1.165, 1.54) is 12.1 Å². The van der Waals surface area contributed by atoms with Gasteiger partial charge in [0.1, 0.15) is 11.9 Å². The summed E-state index contributed by atoms with van der Waals surface area (Å²) in [4.78, 5) is 14.2. The zero-order valence-electron chi connectivity index (χ0n) is 20.6. The second-order valence-corrected chi connectivity index (χ2v) is 10.7. The lowest BCUT2D eigenvalue weighted by atomic mass is 9.98. The zero-order valence-corrected chi connectivity index (χ0v) is 21.4. The van der Waals surface area contributed by atoms with E-state index in [9.17, 15) is 18.3 Å². The molecule has 5 rings (SSSR count). The molecule has 2 aliphatic rings. The minimum absolute atomic E-state index is 0.112. The third-order valence-corrected chi connectivity index (χ3v) is 7.60. The van der Waals surface area contributed by atoms with Gasteiger partial charge in [-0.1, -0.05) is 23.4 Å². The quantitative estimate of drug-likeness (QED) is 0.468. The fourth-order valence-corrected chi connectivity index (χ4v) is 5.68. The van der Waals surface area contributed by atoms with Crippen LogP contribution < -0.4 is 4.74 Å². The van der Waals surface area contributed by atoms with Gasteiger partial charge in [-0.3, -0.25) is 9.80 Å². The molecule has 3 aromatic rings. The molecule has 37 heavy (non-hydrogen) atoms. The Morgan fingerprint density at radius 2 is 1.92 bits per heavy atom. The van der Waals surface area contributed by atoms with Crippen molar-refractivity contribution >= 4 is 27.3 Å². The van der Waals surface area contributed by atoms with Crippen LogP contribution in [0, 0.1) is 6.92 Å². The van der Waals surface area contributed by atoms with Crippen molar-refractivity contribution in [3.8, 4) is 5.75 Å². The molecule has 198 valence electrons. The summed E-state index contributed by atoms with van der Waals surface area (Å²) in [5, 5.41) is 15.5. The van der Waals surface area contributed by atoms with Gasteiger partial charge in [0.05, 0.1) is 26.5 Å². The Kier molecular flexibility index (Phi) is 7.39. The van der Waals surface area contributed by atoms with Crippen LogP contribution in [0.5, 0.6) is 5.75 Å². The first-order chi connectivity index (χ1) is 17.7. The molecule has 11 heteroatoms. The molecule has 2 aromatic carbocycles. The van der Waals surface area contributed by atoms with E-state index in [4.69, 9.17) is 9.57 Å². The molecule has 0 amide bonds. The fraction of sp³-hybridized carbons (Fsp3) is 0.462. The molecule has 2 aliphatic heterocycles. The Morgan fingerprint density at radius 1 is 1.16 bits per heavy atom. The minimum Gasteiger partial charge on any atom is -0.472 e. The number of oxime groups is 1. The normalized spacial score (nSPS) is 21.0. The third-order valence-electron chi connectivity index (χ3n) is 6.65. The summed E-state index contributed by atoms with van der Waals surface area (Å²) in [6, 6.07) is 11.3. The highest BCUT2D eigenvalue weighted by molar-refractivity contribution is 7.18. The predicted octanol–water partition coefficient (Wildman–Crippen LogP) is 4.84. The van der Waals surface area contributed by atoms with E-state index in [2.05, 4.69) is 19.9 Å². The van der Waals surface area contributed by atoms with Crippen molar-refractivity contribution in [1.82, 2.24) is 14.8 Å². The molecule has 0 spiro atoms. The minimum atomic E-state index is -4.44. The van der Waals surface area contributed by atoms with E-state index >= 15 is 0 Å². The van der Waals surface area contributed by atoms with Crippen molar-refractivity contribution in [3.05, 3.63) is 58.6 Å². The molecular formula is C26H29F3N4O3S. The fourth-order valence-electron chi connectivity index (χ4n) is 4.87. The predicted molar refractivity (Wildman–Crippen MR) is 136 cm³/mol. The second kappa shape index (κ2) is 10.6. The average molecular weight is 535 g/mol. The molecule has 0 radical (unpaired) electrons. The lowest BCUT2D eigenvalue weighted by Gasteiger charge is -2.40. The molecule has 0 aliphatic carbocycles. The van der Waals surface area contributed by atoms with Crippen LogP contribution >= 0.6 is 11.3 Å². The van der Waals surface area contributed by atoms with Gasteiger partial charge in [0, 0.05) is 50.8 Å². The van der Waals surface area contributed by atoms with Crippen molar-refractivity contribution in [3.63, 3.8) is 0 Å². The number of hydrogen-bond donors (Lipinski definition) is 1. The van der Waals surface area contributed by atoms with Crippen molar-refractivity contribution in [1.29, 1.82) is 0 Å². The molecule has 3 atom stereocenters. The Morgan fingerprint density at radius 3 is 2.65 bits per heavy atom. The number of ether oxygens (including phenoxy) is 1. The number of halogens is 3. The zero-order chi connectivity index (χ0) is 26.2. The molecule has 0 saturated carbocycles. The molecule has 1 aromatic heterocycles. The maximum atomic E-state index is 13.4. The lowest BCUT2D eigenvalue weighted by Crippen LogP contribution is -2.55. The Bertz CT molecular complexity index is 1270. The first-order valence-corrected chi connectivity index (χ1v) is 13.0. The summed E-state index contributed by atoms with van der Waals surface area (Å²) in [7, 11) is 0. The number of piperazine rings is 1. The smallest absolute Gasteiger partial charge is 0.416 e. The number of aliphatic hydroxyl groups excluding tert-OH is 1. The summed E-state index contributed by atoms with van der Waals surface area (Å²) in [5.74, 6) is 0.661. The van der Waals surface area contributed by atoms with Gasteiger partial charge < -0.3 is 14.7 Å². The first-order valence-electron chi connectivity index (χ1n) is 12.2. The molecule has 1 N–H and O–H groups in total. The van der Waals surface area contributed by atoms with Gasteiger partial charge >= 0.3 is 6.18 Å². The highest BCUT2D eigenvalue weighted by Crippen LogP contribution is 2.38. The van der Waals surface area contributed by atoms with Gasteiger partial charge in [-0.15, -0.1) is 11.3 Å². The SMILES string of the molecule is Cc1nc2cc(OC([C@@H](C)O)N3CCN(CC4=NOC(c5ccccc5C(F)(F)F)C4)CC3)ccc2s1. The number of fused-ring (bicyclic) bond motifs is 1. The van der Waals surface area contributed by atoms with Gasteiger partial charge in [-0.05, 0) is 32.0 Å². The van der Waals surface area contributed by atoms with Gasteiger partial charge in [0.15, 0.2) is 12.3 Å². The standard InChI is InChI=1S/C26H29F3N4O3S/c1-16(34)25(35-19-7-8-24-22(14-19)30-17(2)37-24)33-11-9-32(10-12-33)15-18-13-23(36-31-18)20-5-3-4-6-21(20)26(27,28)29/h3-8,14,16,23,25,34H,9-13,15H2,1-2H3/t16-,23?,25?/m1/s1. The van der Waals surface area contributed by atoms with Crippen LogP contribution in [0.3, 0.4) is 0 Å². The van der Waals surface area contributed by atoms with E-state index < -0.39 is 30.2 Å². The molecular weight excluding hydrogens is 505 g/mol. The number of alkyl halides is 3. The van der Waals surface area contributed by atoms with Crippen molar-refractivity contribution in [2.45, 2.75) is 44.9 Å². The van der Waals surface area contributed by atoms with Crippen LogP contribution in [0.2, 0.25) is 0 Å². The van der Waals surface area contributed by atoms with Crippen LogP contribution in [0.1, 0.15) is 35.6 Å². The third kappa shape index (κ3) is 5.90. The number of hydrogen-bond acceptors (Lipinski definition) is 8. The molecule has 3 heterocycles. The average Bonchev–Trinajstić information content (AvgIpc) is 3.47. The largest absolute Gasteiger partial charge is 0.472 e. The van der Waals surface area contributed by atoms with Gasteiger partial charge in [0.2, 0.25) is 0 Å². The van der Waals surface area contributed by atoms with Crippen LogP contribution in [0.25, 0.3) is 10.2 Å². The molecule has 2 unspecified atom stereocenters. The topological polar surface area (TPSA) is 70.4 Å². The van der Waals surface area contributed by atoms with E-state index in [-0.39, 0.29) is 5.56 Å². The number of aliphatic hydroxyl groups is 1. The van der Waals surface area contributed by atoms with Crippen molar-refractivity contribution in [2.24, 2.45) is 5.16 Å². The summed E-state index contributed by atoms with van der Waals surface area (Å²) in [6.45, 7) is 6.96. The summed E-state index contributed by atoms with van der Waals surface area (Å²) < 4.78 is 47.5. The van der Waals surface area contributed by atoms with Gasteiger partial charge in [-0.2, -0.15) is 13.2 Å². The summed E-state index contributed by atoms with van der Waals surface area (Å²) in [6.07, 6.45) is -6.06. The number of nitrogens with zero attached hydrogens (tertiary/aromatic N) is 4. The first kappa shape index (κ1) is 25.9. The van der Waals surface area contributed by atoms with E-state index in [0.29, 0.717) is 44.9 Å². The maximum absolute atomic E-state index is 13.4. The van der Waals surface area contributed by atoms with Gasteiger partial charge in [-0.25, -0.2) is 4.98 Å². The highest BCUT2D eigenvalue weighted by atomic mass is 32.1. The lowest BCUT2D eigenvalue weighted by molar-refractivity contribution is -0.139. The van der Waals surface area contributed by atoms with Crippen LogP contribution in [-0.2, 0) is 11.0 Å². The Balaban J connectivity index is 1.16. The molecule has 0 bridgehead atoms. The molecule has 1 saturated heterocycles. The summed E-state index contributed by atoms with van der Waals surface area (Å²) in [5.41, 5.74) is 1.04. The number of benzene rings is 2. The number of aryl methyl sites for hydroxylation is 1. The van der Waals surface area contributed by atoms with Crippen LogP contribution in [-0.4, -0.2) is 70.7 Å². The second-order valence-electron chi connectivity index (χ2n) is 9.46. The molecule has 7 nitrogen and oxygen atoms in total. The van der Waals surface area contributed by atoms with Crippen molar-refractivity contribution < 1.29 is 27.9 Å². The van der Waals surface area contributed by atoms with Crippen LogP contribution in [0.4, 0.5) is 13.2 Å². The molecule has 1 fully saturated rings. The Labute approximate surface area is 217 Å².